The third-order valence-electron chi connectivity index (χ3n) is 3.63. The number of aryl methyl sites for hydroxylation is 2. The lowest BCUT2D eigenvalue weighted by Gasteiger charge is -2.21. The molecule has 1 N–H and O–H groups in total. The molecule has 0 spiro atoms. The van der Waals surface area contributed by atoms with Gasteiger partial charge in [-0.15, -0.1) is 11.3 Å². The van der Waals surface area contributed by atoms with E-state index in [2.05, 4.69) is 36.9 Å². The number of hydrogen-bond donors (Lipinski definition) is 1. The van der Waals surface area contributed by atoms with Crippen molar-refractivity contribution >= 4 is 11.3 Å². The summed E-state index contributed by atoms with van der Waals surface area (Å²) in [6.45, 7) is 5.56. The summed E-state index contributed by atoms with van der Waals surface area (Å²) >= 11 is 1.79. The molecule has 0 aliphatic carbocycles. The Morgan fingerprint density at radius 3 is 2.41 bits per heavy atom. The minimum absolute atomic E-state index is 0.0378. The Hall–Kier alpha value is -1.46. The zero-order valence-corrected chi connectivity index (χ0v) is 14.0. The van der Waals surface area contributed by atoms with Crippen LogP contribution in [0, 0.1) is 13.8 Å². The summed E-state index contributed by atoms with van der Waals surface area (Å²) in [6, 6.07) is 9.27. The molecule has 0 aliphatic heterocycles. The molecule has 2 nitrogen and oxygen atoms in total. The predicted octanol–water partition coefficient (Wildman–Crippen LogP) is 5.38. The highest BCUT2D eigenvalue weighted by Crippen LogP contribution is 2.28. The molecule has 120 valence electrons. The van der Waals surface area contributed by atoms with Gasteiger partial charge in [-0.2, -0.15) is 8.78 Å². The minimum Gasteiger partial charge on any atom is -0.435 e. The lowest BCUT2D eigenvalue weighted by Crippen LogP contribution is -2.22. The molecule has 2 unspecified atom stereocenters. The molecule has 5 heteroatoms. The van der Waals surface area contributed by atoms with Gasteiger partial charge in [-0.05, 0) is 57.0 Å². The van der Waals surface area contributed by atoms with Crippen LogP contribution in [0.3, 0.4) is 0 Å². The molecule has 1 aromatic heterocycles. The third kappa shape index (κ3) is 4.27. The highest BCUT2D eigenvalue weighted by Gasteiger charge is 2.15. The number of thiophene rings is 1. The normalized spacial score (nSPS) is 14.1. The fourth-order valence-corrected chi connectivity index (χ4v) is 3.62. The second kappa shape index (κ2) is 7.20. The molecule has 0 radical (unpaired) electrons. The second-order valence-corrected chi connectivity index (χ2v) is 6.89. The molecule has 1 aromatic carbocycles. The van der Waals surface area contributed by atoms with Crippen molar-refractivity contribution in [1.29, 1.82) is 0 Å². The number of hydrogen-bond acceptors (Lipinski definition) is 3. The van der Waals surface area contributed by atoms with Gasteiger partial charge in [0.25, 0.3) is 0 Å². The Morgan fingerprint density at radius 1 is 1.09 bits per heavy atom. The summed E-state index contributed by atoms with van der Waals surface area (Å²) < 4.78 is 29.0. The van der Waals surface area contributed by atoms with Crippen molar-refractivity contribution < 1.29 is 13.5 Å². The Kier molecular flexibility index (Phi) is 5.53. The standard InChI is InChI=1S/C17H21F2NOS/c1-10-8-16(13(4)22-10)12(3)20-11(2)14-6-5-7-15(9-14)21-17(18)19/h5-9,11-12,17,20H,1-4H3. The highest BCUT2D eigenvalue weighted by atomic mass is 32.1. The Labute approximate surface area is 134 Å². The molecule has 0 fully saturated rings. The maximum atomic E-state index is 12.3. The molecule has 0 bridgehead atoms. The number of halogens is 2. The number of alkyl halides is 2. The van der Waals surface area contributed by atoms with Crippen molar-refractivity contribution in [3.63, 3.8) is 0 Å². The van der Waals surface area contributed by atoms with Crippen LogP contribution in [0.1, 0.15) is 46.8 Å². The van der Waals surface area contributed by atoms with Crippen LogP contribution in [0.5, 0.6) is 5.75 Å². The number of ether oxygens (including phenoxy) is 1. The predicted molar refractivity (Wildman–Crippen MR) is 86.8 cm³/mol. The topological polar surface area (TPSA) is 21.3 Å². The van der Waals surface area contributed by atoms with E-state index < -0.39 is 6.61 Å². The summed E-state index contributed by atoms with van der Waals surface area (Å²) in [5, 5.41) is 3.51. The van der Waals surface area contributed by atoms with Crippen molar-refractivity contribution in [3.05, 3.63) is 51.2 Å². The van der Waals surface area contributed by atoms with Gasteiger partial charge in [0.15, 0.2) is 0 Å². The van der Waals surface area contributed by atoms with Crippen molar-refractivity contribution in [2.45, 2.75) is 46.4 Å². The Morgan fingerprint density at radius 2 is 1.82 bits per heavy atom. The van der Waals surface area contributed by atoms with E-state index in [1.165, 1.54) is 21.4 Å². The summed E-state index contributed by atoms with van der Waals surface area (Å²) in [4.78, 5) is 2.60. The fraction of sp³-hybridized carbons (Fsp3) is 0.412. The van der Waals surface area contributed by atoms with Crippen LogP contribution in [0.4, 0.5) is 8.78 Å². The molecule has 2 rings (SSSR count). The SMILES string of the molecule is Cc1cc(C(C)NC(C)c2cccc(OC(F)F)c2)c(C)s1. The maximum absolute atomic E-state index is 12.3. The van der Waals surface area contributed by atoms with Gasteiger partial charge in [0.1, 0.15) is 5.75 Å². The van der Waals surface area contributed by atoms with Crippen LogP contribution in [0.25, 0.3) is 0 Å². The smallest absolute Gasteiger partial charge is 0.387 e. The molecule has 2 aromatic rings. The summed E-state index contributed by atoms with van der Waals surface area (Å²) in [7, 11) is 0. The van der Waals surface area contributed by atoms with Crippen LogP contribution >= 0.6 is 11.3 Å². The quantitative estimate of drug-likeness (QED) is 0.770. The van der Waals surface area contributed by atoms with Gasteiger partial charge in [-0.25, -0.2) is 0 Å². The lowest BCUT2D eigenvalue weighted by molar-refractivity contribution is -0.0499. The van der Waals surface area contributed by atoms with E-state index in [9.17, 15) is 8.78 Å². The van der Waals surface area contributed by atoms with Crippen molar-refractivity contribution in [3.8, 4) is 5.75 Å². The Bertz CT molecular complexity index is 627. The van der Waals surface area contributed by atoms with E-state index >= 15 is 0 Å². The van der Waals surface area contributed by atoms with Gasteiger partial charge in [-0.1, -0.05) is 12.1 Å². The van der Waals surface area contributed by atoms with Crippen LogP contribution in [0.15, 0.2) is 30.3 Å². The van der Waals surface area contributed by atoms with Gasteiger partial charge in [0.05, 0.1) is 0 Å². The molecule has 0 aliphatic rings. The van der Waals surface area contributed by atoms with Gasteiger partial charge in [-0.3, -0.25) is 0 Å². The first-order valence-corrected chi connectivity index (χ1v) is 8.06. The molecule has 22 heavy (non-hydrogen) atoms. The van der Waals surface area contributed by atoms with E-state index in [4.69, 9.17) is 0 Å². The van der Waals surface area contributed by atoms with Crippen LogP contribution in [0.2, 0.25) is 0 Å². The molecular formula is C17H21F2NOS. The third-order valence-corrected chi connectivity index (χ3v) is 4.61. The second-order valence-electron chi connectivity index (χ2n) is 5.43. The van der Waals surface area contributed by atoms with Gasteiger partial charge in [0.2, 0.25) is 0 Å². The van der Waals surface area contributed by atoms with E-state index in [-0.39, 0.29) is 17.8 Å². The zero-order chi connectivity index (χ0) is 16.3. The average molecular weight is 325 g/mol. The average Bonchev–Trinajstić information content (AvgIpc) is 2.77. The molecule has 0 saturated carbocycles. The van der Waals surface area contributed by atoms with Crippen molar-refractivity contribution in [1.82, 2.24) is 5.32 Å². The van der Waals surface area contributed by atoms with Crippen LogP contribution in [-0.4, -0.2) is 6.61 Å². The van der Waals surface area contributed by atoms with Crippen LogP contribution in [-0.2, 0) is 0 Å². The number of nitrogens with one attached hydrogen (secondary N) is 1. The van der Waals surface area contributed by atoms with Gasteiger partial charge >= 0.3 is 6.61 Å². The van der Waals surface area contributed by atoms with E-state index in [1.807, 2.05) is 13.0 Å². The van der Waals surface area contributed by atoms with Crippen molar-refractivity contribution in [2.75, 3.05) is 0 Å². The van der Waals surface area contributed by atoms with E-state index in [0.29, 0.717) is 0 Å². The Balaban J connectivity index is 2.08. The summed E-state index contributed by atoms with van der Waals surface area (Å²) in [6.07, 6.45) is 0. The first kappa shape index (κ1) is 16.9. The summed E-state index contributed by atoms with van der Waals surface area (Å²) in [5.74, 6) is 0.191. The van der Waals surface area contributed by atoms with Gasteiger partial charge in [0, 0.05) is 21.8 Å². The van der Waals surface area contributed by atoms with E-state index in [0.717, 1.165) is 5.56 Å². The molecule has 0 amide bonds. The number of rotatable bonds is 6. The molecular weight excluding hydrogens is 304 g/mol. The highest BCUT2D eigenvalue weighted by molar-refractivity contribution is 7.12. The first-order valence-electron chi connectivity index (χ1n) is 7.24. The molecule has 0 saturated heterocycles. The van der Waals surface area contributed by atoms with E-state index in [1.54, 1.807) is 23.5 Å². The summed E-state index contributed by atoms with van der Waals surface area (Å²) in [5.41, 5.74) is 2.21. The monoisotopic (exact) mass is 325 g/mol. The first-order chi connectivity index (χ1) is 10.4. The van der Waals surface area contributed by atoms with Gasteiger partial charge < -0.3 is 10.1 Å². The minimum atomic E-state index is -2.80. The van der Waals surface area contributed by atoms with Crippen LogP contribution < -0.4 is 10.1 Å². The molecule has 1 heterocycles. The largest absolute Gasteiger partial charge is 0.435 e. The molecule has 2 atom stereocenters. The maximum Gasteiger partial charge on any atom is 0.387 e. The lowest BCUT2D eigenvalue weighted by atomic mass is 10.0. The fourth-order valence-electron chi connectivity index (χ4n) is 2.60. The zero-order valence-electron chi connectivity index (χ0n) is 13.2. The van der Waals surface area contributed by atoms with Crippen molar-refractivity contribution in [2.24, 2.45) is 0 Å². The number of benzene rings is 1.